The van der Waals surface area contributed by atoms with E-state index < -0.39 is 0 Å². The predicted octanol–water partition coefficient (Wildman–Crippen LogP) is 2.31. The summed E-state index contributed by atoms with van der Waals surface area (Å²) in [5.74, 6) is 1.16. The Morgan fingerprint density at radius 2 is 2.17 bits per heavy atom. The van der Waals surface area contributed by atoms with E-state index in [9.17, 15) is 4.79 Å². The molecule has 0 radical (unpaired) electrons. The fourth-order valence-electron chi connectivity index (χ4n) is 3.63. The fraction of sp³-hybridized carbons (Fsp3) is 0.667. The van der Waals surface area contributed by atoms with Crippen LogP contribution in [0.5, 0.6) is 0 Å². The summed E-state index contributed by atoms with van der Waals surface area (Å²) >= 11 is 0. The Bertz CT molecular complexity index is 489. The van der Waals surface area contributed by atoms with Gasteiger partial charge in [0.1, 0.15) is 0 Å². The highest BCUT2D eigenvalue weighted by Crippen LogP contribution is 2.37. The number of rotatable bonds is 3. The molecule has 98 valence electrons. The van der Waals surface area contributed by atoms with Crippen molar-refractivity contribution in [3.63, 3.8) is 0 Å². The first-order chi connectivity index (χ1) is 8.56. The molecule has 1 aliphatic heterocycles. The van der Waals surface area contributed by atoms with E-state index in [1.165, 1.54) is 25.0 Å². The standard InChI is InChI=1S/C15H22N2O/c1-10-6-14(11(2)16(10)3)15(18)9-17-8-12-4-5-13(17)7-12/h6,12-13H,4-5,7-9H2,1-3H3. The van der Waals surface area contributed by atoms with Crippen molar-refractivity contribution < 1.29 is 4.79 Å². The molecule has 2 atom stereocenters. The van der Waals surface area contributed by atoms with Crippen molar-refractivity contribution >= 4 is 5.78 Å². The minimum atomic E-state index is 0.295. The highest BCUT2D eigenvalue weighted by atomic mass is 16.1. The van der Waals surface area contributed by atoms with E-state index in [1.54, 1.807) is 0 Å². The van der Waals surface area contributed by atoms with Crippen LogP contribution in [0, 0.1) is 19.8 Å². The Hall–Kier alpha value is -1.09. The molecule has 2 aliphatic rings. The Labute approximate surface area is 109 Å². The molecule has 1 aromatic rings. The monoisotopic (exact) mass is 246 g/mol. The van der Waals surface area contributed by atoms with Crippen LogP contribution < -0.4 is 0 Å². The molecule has 1 aliphatic carbocycles. The van der Waals surface area contributed by atoms with Gasteiger partial charge < -0.3 is 4.57 Å². The largest absolute Gasteiger partial charge is 0.351 e. The second-order valence-corrected chi connectivity index (χ2v) is 6.03. The van der Waals surface area contributed by atoms with Crippen molar-refractivity contribution in [3.05, 3.63) is 23.0 Å². The average Bonchev–Trinajstić information content (AvgIpc) is 3.00. The van der Waals surface area contributed by atoms with Crippen LogP contribution in [0.4, 0.5) is 0 Å². The summed E-state index contributed by atoms with van der Waals surface area (Å²) in [5, 5.41) is 0. The van der Waals surface area contributed by atoms with Gasteiger partial charge in [-0.15, -0.1) is 0 Å². The summed E-state index contributed by atoms with van der Waals surface area (Å²) in [6.07, 6.45) is 3.99. The van der Waals surface area contributed by atoms with Gasteiger partial charge in [-0.2, -0.15) is 0 Å². The number of carbonyl (C=O) groups excluding carboxylic acids is 1. The van der Waals surface area contributed by atoms with Crippen molar-refractivity contribution in [2.75, 3.05) is 13.1 Å². The summed E-state index contributed by atoms with van der Waals surface area (Å²) in [4.78, 5) is 14.8. The van der Waals surface area contributed by atoms with Crippen LogP contribution in [0.25, 0.3) is 0 Å². The molecule has 2 bridgehead atoms. The van der Waals surface area contributed by atoms with Gasteiger partial charge in [-0.05, 0) is 45.1 Å². The van der Waals surface area contributed by atoms with Gasteiger partial charge in [0.15, 0.2) is 5.78 Å². The lowest BCUT2D eigenvalue weighted by Crippen LogP contribution is -2.36. The molecule has 3 heteroatoms. The number of likely N-dealkylation sites (tertiary alicyclic amines) is 1. The minimum Gasteiger partial charge on any atom is -0.351 e. The van der Waals surface area contributed by atoms with Gasteiger partial charge in [0.05, 0.1) is 6.54 Å². The number of fused-ring (bicyclic) bond motifs is 2. The lowest BCUT2D eigenvalue weighted by Gasteiger charge is -2.25. The molecule has 3 nitrogen and oxygen atoms in total. The molecule has 0 N–H and O–H groups in total. The van der Waals surface area contributed by atoms with E-state index in [2.05, 4.69) is 16.4 Å². The molecule has 18 heavy (non-hydrogen) atoms. The van der Waals surface area contributed by atoms with Gasteiger partial charge in [0.25, 0.3) is 0 Å². The first-order valence-electron chi connectivity index (χ1n) is 6.96. The maximum Gasteiger partial charge on any atom is 0.178 e. The zero-order valence-electron chi connectivity index (χ0n) is 11.6. The molecule has 0 aromatic carbocycles. The third-order valence-corrected chi connectivity index (χ3v) is 4.94. The first-order valence-corrected chi connectivity index (χ1v) is 6.96. The van der Waals surface area contributed by atoms with Gasteiger partial charge in [0, 0.05) is 36.6 Å². The van der Waals surface area contributed by atoms with Crippen LogP contribution in [0.1, 0.15) is 41.0 Å². The number of carbonyl (C=O) groups is 1. The molecule has 1 saturated carbocycles. The normalized spacial score (nSPS) is 27.1. The third kappa shape index (κ3) is 1.81. The van der Waals surface area contributed by atoms with Crippen LogP contribution in [-0.2, 0) is 7.05 Å². The predicted molar refractivity (Wildman–Crippen MR) is 71.9 cm³/mol. The van der Waals surface area contributed by atoms with Crippen molar-refractivity contribution in [1.29, 1.82) is 0 Å². The Morgan fingerprint density at radius 3 is 2.67 bits per heavy atom. The third-order valence-electron chi connectivity index (χ3n) is 4.94. The van der Waals surface area contributed by atoms with Crippen LogP contribution >= 0.6 is 0 Å². The van der Waals surface area contributed by atoms with E-state index in [1.807, 2.05) is 20.0 Å². The van der Waals surface area contributed by atoms with Crippen LogP contribution in [-0.4, -0.2) is 34.4 Å². The van der Waals surface area contributed by atoms with Crippen LogP contribution in [0.3, 0.4) is 0 Å². The van der Waals surface area contributed by atoms with Crippen molar-refractivity contribution in [1.82, 2.24) is 9.47 Å². The molecule has 1 aromatic heterocycles. The topological polar surface area (TPSA) is 25.2 Å². The van der Waals surface area contributed by atoms with Crippen LogP contribution in [0.15, 0.2) is 6.07 Å². The lowest BCUT2D eigenvalue weighted by atomic mass is 10.1. The summed E-state index contributed by atoms with van der Waals surface area (Å²) in [6.45, 7) is 5.85. The van der Waals surface area contributed by atoms with Gasteiger partial charge >= 0.3 is 0 Å². The first kappa shape index (κ1) is 12.0. The summed E-state index contributed by atoms with van der Waals surface area (Å²) in [6, 6.07) is 2.72. The zero-order valence-corrected chi connectivity index (χ0v) is 11.6. The Morgan fingerprint density at radius 1 is 1.39 bits per heavy atom. The summed E-state index contributed by atoms with van der Waals surface area (Å²) in [7, 11) is 2.03. The highest BCUT2D eigenvalue weighted by molar-refractivity contribution is 5.99. The summed E-state index contributed by atoms with van der Waals surface area (Å²) in [5.41, 5.74) is 3.18. The number of aromatic nitrogens is 1. The molecule has 2 heterocycles. The molecule has 0 spiro atoms. The fourth-order valence-corrected chi connectivity index (χ4v) is 3.63. The molecule has 1 saturated heterocycles. The number of hydrogen-bond donors (Lipinski definition) is 0. The molecular weight excluding hydrogens is 224 g/mol. The molecule has 0 amide bonds. The SMILES string of the molecule is Cc1cc(C(=O)CN2CC3CCC2C3)c(C)n1C. The van der Waals surface area contributed by atoms with E-state index in [4.69, 9.17) is 0 Å². The second-order valence-electron chi connectivity index (χ2n) is 6.03. The summed E-state index contributed by atoms with van der Waals surface area (Å²) < 4.78 is 2.10. The number of piperidine rings is 1. The minimum absolute atomic E-state index is 0.295. The second kappa shape index (κ2) is 4.23. The lowest BCUT2D eigenvalue weighted by molar-refractivity contribution is 0.0904. The number of ketones is 1. The maximum absolute atomic E-state index is 12.4. The van der Waals surface area contributed by atoms with Gasteiger partial charge in [-0.25, -0.2) is 0 Å². The molecule has 3 rings (SSSR count). The van der Waals surface area contributed by atoms with E-state index >= 15 is 0 Å². The number of Topliss-reactive ketones (excluding diaryl/α,β-unsaturated/α-hetero) is 1. The number of hydrogen-bond acceptors (Lipinski definition) is 2. The van der Waals surface area contributed by atoms with Gasteiger partial charge in [0.2, 0.25) is 0 Å². The van der Waals surface area contributed by atoms with E-state index in [-0.39, 0.29) is 0 Å². The van der Waals surface area contributed by atoms with Gasteiger partial charge in [-0.1, -0.05) is 0 Å². The zero-order chi connectivity index (χ0) is 12.9. The maximum atomic E-state index is 12.4. The van der Waals surface area contributed by atoms with E-state index in [0.717, 1.165) is 23.7 Å². The Balaban J connectivity index is 1.73. The number of nitrogens with zero attached hydrogens (tertiary/aromatic N) is 2. The Kier molecular flexibility index (Phi) is 2.81. The molecular formula is C15H22N2O. The number of aryl methyl sites for hydroxylation is 1. The van der Waals surface area contributed by atoms with Crippen LogP contribution in [0.2, 0.25) is 0 Å². The quantitative estimate of drug-likeness (QED) is 0.765. The van der Waals surface area contributed by atoms with Crippen molar-refractivity contribution in [2.45, 2.75) is 39.2 Å². The molecule has 2 unspecified atom stereocenters. The molecule has 2 fully saturated rings. The highest BCUT2D eigenvalue weighted by Gasteiger charge is 2.38. The van der Waals surface area contributed by atoms with E-state index in [0.29, 0.717) is 18.4 Å². The average molecular weight is 246 g/mol. The van der Waals surface area contributed by atoms with Gasteiger partial charge in [-0.3, -0.25) is 9.69 Å². The smallest absolute Gasteiger partial charge is 0.178 e. The van der Waals surface area contributed by atoms with Crippen molar-refractivity contribution in [3.8, 4) is 0 Å². The van der Waals surface area contributed by atoms with Crippen molar-refractivity contribution in [2.24, 2.45) is 13.0 Å².